The van der Waals surface area contributed by atoms with Gasteiger partial charge in [-0.25, -0.2) is 0 Å². The summed E-state index contributed by atoms with van der Waals surface area (Å²) in [7, 11) is 0. The molecule has 2 aromatic rings. The molecule has 0 fully saturated rings. The van der Waals surface area contributed by atoms with Crippen LogP contribution in [-0.4, -0.2) is 9.78 Å². The van der Waals surface area contributed by atoms with Crippen LogP contribution in [-0.2, 0) is 18.5 Å². The molecule has 0 spiro atoms. The second kappa shape index (κ2) is 6.57. The first kappa shape index (κ1) is 14.6. The first-order chi connectivity index (χ1) is 9.13. The third-order valence-corrected chi connectivity index (χ3v) is 4.08. The molecule has 0 N–H and O–H groups in total. The minimum Gasteiger partial charge on any atom is -0.486 e. The molecule has 0 aliphatic carbocycles. The van der Waals surface area contributed by atoms with Gasteiger partial charge in [-0.2, -0.15) is 5.10 Å². The summed E-state index contributed by atoms with van der Waals surface area (Å²) < 4.78 is 8.80. The Balaban J connectivity index is 2.09. The molecule has 0 saturated carbocycles. The van der Waals surface area contributed by atoms with E-state index in [1.54, 1.807) is 0 Å². The van der Waals surface area contributed by atoms with Crippen LogP contribution in [0.15, 0.2) is 28.7 Å². The number of hydrogen-bond donors (Lipinski definition) is 0. The maximum Gasteiger partial charge on any atom is 0.134 e. The van der Waals surface area contributed by atoms with Crippen molar-refractivity contribution in [3.05, 3.63) is 45.7 Å². The molecule has 5 heteroatoms. The summed E-state index contributed by atoms with van der Waals surface area (Å²) in [5, 5.41) is 5.25. The Hall–Kier alpha value is -0.810. The monoisotopic (exact) mass is 386 g/mol. The zero-order chi connectivity index (χ0) is 13.8. The van der Waals surface area contributed by atoms with Gasteiger partial charge in [0.25, 0.3) is 0 Å². The summed E-state index contributed by atoms with van der Waals surface area (Å²) in [6.07, 6.45) is 0. The second-order valence-electron chi connectivity index (χ2n) is 4.28. The fourth-order valence-corrected chi connectivity index (χ4v) is 2.77. The van der Waals surface area contributed by atoms with Crippen molar-refractivity contribution in [2.45, 2.75) is 32.3 Å². The number of alkyl halides is 1. The number of benzene rings is 1. The van der Waals surface area contributed by atoms with E-state index in [-0.39, 0.29) is 0 Å². The topological polar surface area (TPSA) is 27.1 Å². The highest BCUT2D eigenvalue weighted by Gasteiger charge is 2.07. The molecular weight excluding hydrogens is 372 g/mol. The summed E-state index contributed by atoms with van der Waals surface area (Å²) in [5.41, 5.74) is 3.33. The van der Waals surface area contributed by atoms with Crippen molar-refractivity contribution < 1.29 is 4.74 Å². The SMILES string of the molecule is CCn1nc(C)cc1COc1ccc(CBr)cc1Br. The molecule has 102 valence electrons. The van der Waals surface area contributed by atoms with Gasteiger partial charge in [-0.15, -0.1) is 0 Å². The van der Waals surface area contributed by atoms with Gasteiger partial charge in [0, 0.05) is 11.9 Å². The van der Waals surface area contributed by atoms with Gasteiger partial charge in [0.1, 0.15) is 12.4 Å². The van der Waals surface area contributed by atoms with Gasteiger partial charge in [0.2, 0.25) is 0 Å². The third kappa shape index (κ3) is 3.60. The standard InChI is InChI=1S/C14H16Br2N2O/c1-3-18-12(6-10(2)17-18)9-19-14-5-4-11(8-15)7-13(14)16/h4-7H,3,8-9H2,1-2H3. The van der Waals surface area contributed by atoms with Crippen molar-refractivity contribution in [2.75, 3.05) is 0 Å². The van der Waals surface area contributed by atoms with Crippen molar-refractivity contribution in [3.8, 4) is 5.75 Å². The molecule has 0 atom stereocenters. The molecule has 0 unspecified atom stereocenters. The number of nitrogens with zero attached hydrogens (tertiary/aromatic N) is 2. The number of ether oxygens (including phenoxy) is 1. The highest BCUT2D eigenvalue weighted by Crippen LogP contribution is 2.27. The van der Waals surface area contributed by atoms with Crippen LogP contribution in [0.1, 0.15) is 23.9 Å². The lowest BCUT2D eigenvalue weighted by molar-refractivity contribution is 0.290. The molecule has 2 rings (SSSR count). The summed E-state index contributed by atoms with van der Waals surface area (Å²) in [4.78, 5) is 0. The Morgan fingerprint density at radius 1 is 1.32 bits per heavy atom. The normalized spacial score (nSPS) is 10.7. The zero-order valence-corrected chi connectivity index (χ0v) is 14.2. The van der Waals surface area contributed by atoms with Crippen molar-refractivity contribution in [3.63, 3.8) is 0 Å². The number of aromatic nitrogens is 2. The van der Waals surface area contributed by atoms with Gasteiger partial charge in [-0.1, -0.05) is 22.0 Å². The largest absolute Gasteiger partial charge is 0.486 e. The highest BCUT2D eigenvalue weighted by atomic mass is 79.9. The van der Waals surface area contributed by atoms with Gasteiger partial charge >= 0.3 is 0 Å². The van der Waals surface area contributed by atoms with E-state index in [1.807, 2.05) is 17.7 Å². The molecule has 0 aliphatic heterocycles. The van der Waals surface area contributed by atoms with E-state index in [2.05, 4.69) is 62.1 Å². The Labute approximate surface area is 130 Å². The second-order valence-corrected chi connectivity index (χ2v) is 5.69. The molecule has 3 nitrogen and oxygen atoms in total. The maximum absolute atomic E-state index is 5.86. The first-order valence-corrected chi connectivity index (χ1v) is 8.06. The third-order valence-electron chi connectivity index (χ3n) is 2.81. The fourth-order valence-electron chi connectivity index (χ4n) is 1.89. The molecule has 19 heavy (non-hydrogen) atoms. The summed E-state index contributed by atoms with van der Waals surface area (Å²) in [6, 6.07) is 8.16. The minimum absolute atomic E-state index is 0.529. The lowest BCUT2D eigenvalue weighted by Crippen LogP contribution is -2.06. The van der Waals surface area contributed by atoms with Crippen LogP contribution in [0.3, 0.4) is 0 Å². The van der Waals surface area contributed by atoms with E-state index in [0.717, 1.165) is 33.5 Å². The smallest absolute Gasteiger partial charge is 0.134 e. The van der Waals surface area contributed by atoms with E-state index in [9.17, 15) is 0 Å². The van der Waals surface area contributed by atoms with Gasteiger partial charge < -0.3 is 4.74 Å². The summed E-state index contributed by atoms with van der Waals surface area (Å²) >= 11 is 6.97. The van der Waals surface area contributed by atoms with Crippen LogP contribution in [0.2, 0.25) is 0 Å². The number of aryl methyl sites for hydroxylation is 2. The number of rotatable bonds is 5. The molecule has 1 aromatic carbocycles. The fraction of sp³-hybridized carbons (Fsp3) is 0.357. The Morgan fingerprint density at radius 2 is 2.11 bits per heavy atom. The molecule has 1 heterocycles. The Bertz CT molecular complexity index is 567. The molecule has 0 bridgehead atoms. The maximum atomic E-state index is 5.86. The van der Waals surface area contributed by atoms with Crippen molar-refractivity contribution in [1.29, 1.82) is 0 Å². The molecular formula is C14H16Br2N2O. The van der Waals surface area contributed by atoms with Gasteiger partial charge in [0.15, 0.2) is 0 Å². The molecule has 0 radical (unpaired) electrons. The van der Waals surface area contributed by atoms with Crippen LogP contribution in [0, 0.1) is 6.92 Å². The molecule has 0 aliphatic rings. The number of halogens is 2. The van der Waals surface area contributed by atoms with Gasteiger partial charge in [-0.3, -0.25) is 4.68 Å². The average molecular weight is 388 g/mol. The van der Waals surface area contributed by atoms with Crippen LogP contribution in [0.5, 0.6) is 5.75 Å². The molecule has 0 saturated heterocycles. The van der Waals surface area contributed by atoms with Crippen molar-refractivity contribution >= 4 is 31.9 Å². The molecule has 1 aromatic heterocycles. The van der Waals surface area contributed by atoms with Crippen LogP contribution in [0.4, 0.5) is 0 Å². The Kier molecular flexibility index (Phi) is 5.05. The molecule has 0 amide bonds. The van der Waals surface area contributed by atoms with E-state index >= 15 is 0 Å². The summed E-state index contributed by atoms with van der Waals surface area (Å²) in [5.74, 6) is 0.853. The predicted octanol–water partition coefficient (Wildman–Crippen LogP) is 4.45. The lowest BCUT2D eigenvalue weighted by atomic mass is 10.2. The Morgan fingerprint density at radius 3 is 2.74 bits per heavy atom. The van der Waals surface area contributed by atoms with Crippen LogP contribution in [0.25, 0.3) is 0 Å². The van der Waals surface area contributed by atoms with E-state index in [4.69, 9.17) is 4.74 Å². The minimum atomic E-state index is 0.529. The zero-order valence-electron chi connectivity index (χ0n) is 11.0. The lowest BCUT2D eigenvalue weighted by Gasteiger charge is -2.10. The van der Waals surface area contributed by atoms with Crippen molar-refractivity contribution in [1.82, 2.24) is 9.78 Å². The summed E-state index contributed by atoms with van der Waals surface area (Å²) in [6.45, 7) is 5.46. The van der Waals surface area contributed by atoms with E-state index in [0.29, 0.717) is 6.61 Å². The first-order valence-electron chi connectivity index (χ1n) is 6.14. The quantitative estimate of drug-likeness (QED) is 0.708. The van der Waals surface area contributed by atoms with Gasteiger partial charge in [-0.05, 0) is 53.5 Å². The van der Waals surface area contributed by atoms with Crippen LogP contribution < -0.4 is 4.74 Å². The van der Waals surface area contributed by atoms with Crippen LogP contribution >= 0.6 is 31.9 Å². The number of hydrogen-bond acceptors (Lipinski definition) is 2. The van der Waals surface area contributed by atoms with Crippen molar-refractivity contribution in [2.24, 2.45) is 0 Å². The van der Waals surface area contributed by atoms with E-state index in [1.165, 1.54) is 5.56 Å². The predicted molar refractivity (Wildman–Crippen MR) is 83.7 cm³/mol. The highest BCUT2D eigenvalue weighted by molar-refractivity contribution is 9.10. The van der Waals surface area contributed by atoms with E-state index < -0.39 is 0 Å². The van der Waals surface area contributed by atoms with Gasteiger partial charge in [0.05, 0.1) is 15.9 Å². The average Bonchev–Trinajstić information content (AvgIpc) is 2.77.